The van der Waals surface area contributed by atoms with Gasteiger partial charge in [0.25, 0.3) is 0 Å². The fourth-order valence-corrected chi connectivity index (χ4v) is 4.14. The molecule has 354 valence electrons. The van der Waals surface area contributed by atoms with Crippen LogP contribution >= 0.6 is 0 Å². The Labute approximate surface area is 304 Å². The number of aliphatic hydroxyl groups excluding tert-OH is 1. The third-order valence-corrected chi connectivity index (χ3v) is 7.69. The Kier molecular flexibility index (Phi) is 12.8. The van der Waals surface area contributed by atoms with E-state index in [2.05, 4.69) is 4.74 Å². The molecular formula is C24H8F34O2. The smallest absolute Gasteiger partial charge is 0.460 e. The van der Waals surface area contributed by atoms with Crippen LogP contribution in [0.4, 0.5) is 149 Å². The van der Waals surface area contributed by atoms with Crippen molar-refractivity contribution in [2.75, 3.05) is 7.11 Å². The number of methoxy groups -OCH3 is 1. The zero-order valence-electron chi connectivity index (χ0n) is 26.6. The lowest BCUT2D eigenvalue weighted by Gasteiger charge is -2.43. The number of benzene rings is 1. The van der Waals surface area contributed by atoms with Crippen molar-refractivity contribution in [3.05, 3.63) is 28.8 Å². The summed E-state index contributed by atoms with van der Waals surface area (Å²) in [6.07, 6.45) is -16.5. The first kappa shape index (κ1) is 54.6. The lowest BCUT2D eigenvalue weighted by molar-refractivity contribution is -0.463. The van der Waals surface area contributed by atoms with Gasteiger partial charge in [-0.15, -0.1) is 0 Å². The standard InChI is InChI=1S/C24H8F34O2/c1-60-8-5(4-59)2-6(9(25,26)11(29,30)13(33,34)15(37,38)17(41,42)19(45,46)21(49,50)23(53,54)55)3-7(8)10(27,28)12(31,32)14(35,36)16(39,40)18(43,44)20(47,48)22(51,52)24(56,57)58/h2-3,59H,4H2,1H3. The summed E-state index contributed by atoms with van der Waals surface area (Å²) in [6, 6.07) is -3.80. The monoisotopic (exact) mass is 974 g/mol. The van der Waals surface area contributed by atoms with Gasteiger partial charge in [-0.2, -0.15) is 149 Å². The van der Waals surface area contributed by atoms with Crippen molar-refractivity contribution in [2.24, 2.45) is 0 Å². The van der Waals surface area contributed by atoms with E-state index in [1.165, 1.54) is 0 Å². The second kappa shape index (κ2) is 14.1. The summed E-state index contributed by atoms with van der Waals surface area (Å²) in [5, 5.41) is 9.12. The summed E-state index contributed by atoms with van der Waals surface area (Å²) in [6.45, 7) is -2.72. The maximum Gasteiger partial charge on any atom is 0.460 e. The predicted octanol–water partition coefficient (Wildman–Crippen LogP) is 12.1. The van der Waals surface area contributed by atoms with Gasteiger partial charge in [-0.3, -0.25) is 0 Å². The highest BCUT2D eigenvalue weighted by Crippen LogP contribution is 2.68. The van der Waals surface area contributed by atoms with Crippen molar-refractivity contribution in [2.45, 2.75) is 102 Å². The Morgan fingerprint density at radius 3 is 0.817 bits per heavy atom. The Bertz CT molecular complexity index is 1730. The van der Waals surface area contributed by atoms with Crippen LogP contribution in [-0.2, 0) is 18.5 Å². The highest BCUT2D eigenvalue weighted by Gasteiger charge is 2.97. The van der Waals surface area contributed by atoms with Gasteiger partial charge < -0.3 is 9.84 Å². The van der Waals surface area contributed by atoms with Crippen molar-refractivity contribution in [3.8, 4) is 5.75 Å². The molecule has 0 spiro atoms. The third kappa shape index (κ3) is 6.56. The van der Waals surface area contributed by atoms with E-state index >= 15 is 8.78 Å². The molecule has 1 aromatic carbocycles. The molecule has 0 saturated heterocycles. The molecule has 1 aromatic rings. The van der Waals surface area contributed by atoms with E-state index < -0.39 is 136 Å². The van der Waals surface area contributed by atoms with E-state index in [1.54, 1.807) is 0 Å². The molecule has 0 unspecified atom stereocenters. The second-order valence-corrected chi connectivity index (χ2v) is 11.4. The van der Waals surface area contributed by atoms with Crippen LogP contribution in [0.3, 0.4) is 0 Å². The Hall–Kier alpha value is -3.40. The molecule has 60 heavy (non-hydrogen) atoms. The van der Waals surface area contributed by atoms with E-state index in [-0.39, 0.29) is 7.11 Å². The first-order valence-corrected chi connectivity index (χ1v) is 13.4. The Morgan fingerprint density at radius 1 is 0.350 bits per heavy atom. The fraction of sp³-hybridized carbons (Fsp3) is 0.750. The largest absolute Gasteiger partial charge is 0.496 e. The van der Waals surface area contributed by atoms with E-state index in [0.29, 0.717) is 0 Å². The van der Waals surface area contributed by atoms with Gasteiger partial charge in [0, 0.05) is 11.1 Å². The minimum Gasteiger partial charge on any atom is -0.496 e. The molecule has 1 N–H and O–H groups in total. The Morgan fingerprint density at radius 2 is 0.583 bits per heavy atom. The molecule has 0 atom stereocenters. The first-order chi connectivity index (χ1) is 25.6. The number of aliphatic hydroxyl groups is 1. The van der Waals surface area contributed by atoms with Gasteiger partial charge in [0.1, 0.15) is 5.75 Å². The summed E-state index contributed by atoms with van der Waals surface area (Å²) in [7, 11) is -0.382. The lowest BCUT2D eigenvalue weighted by atomic mass is 9.84. The molecule has 0 saturated carbocycles. The van der Waals surface area contributed by atoms with Crippen molar-refractivity contribution in [1.29, 1.82) is 0 Å². The number of hydrogen-bond acceptors (Lipinski definition) is 2. The van der Waals surface area contributed by atoms with E-state index in [9.17, 15) is 140 Å². The van der Waals surface area contributed by atoms with Gasteiger partial charge in [0.15, 0.2) is 0 Å². The van der Waals surface area contributed by atoms with Crippen LogP contribution in [0, 0.1) is 0 Å². The van der Waals surface area contributed by atoms with Crippen molar-refractivity contribution < 1.29 is 159 Å². The molecule has 1 rings (SSSR count). The second-order valence-electron chi connectivity index (χ2n) is 11.4. The zero-order valence-corrected chi connectivity index (χ0v) is 26.6. The van der Waals surface area contributed by atoms with Crippen LogP contribution in [0.1, 0.15) is 16.7 Å². The van der Waals surface area contributed by atoms with Gasteiger partial charge in [-0.25, -0.2) is 0 Å². The quantitative estimate of drug-likeness (QED) is 0.167. The molecule has 0 fully saturated rings. The predicted molar refractivity (Wildman–Crippen MR) is 118 cm³/mol. The summed E-state index contributed by atoms with van der Waals surface area (Å²) in [5.74, 6) is -129. The molecular weight excluding hydrogens is 966 g/mol. The summed E-state index contributed by atoms with van der Waals surface area (Å²) < 4.78 is 470. The fourth-order valence-electron chi connectivity index (χ4n) is 4.14. The molecule has 0 aromatic heterocycles. The van der Waals surface area contributed by atoms with Crippen molar-refractivity contribution in [1.82, 2.24) is 0 Å². The molecule has 0 aliphatic rings. The van der Waals surface area contributed by atoms with Crippen molar-refractivity contribution >= 4 is 0 Å². The molecule has 2 nitrogen and oxygen atoms in total. The summed E-state index contributed by atoms with van der Waals surface area (Å²) in [4.78, 5) is 0. The van der Waals surface area contributed by atoms with Crippen LogP contribution in [-0.4, -0.2) is 95.6 Å². The molecule has 0 bridgehead atoms. The highest BCUT2D eigenvalue weighted by atomic mass is 19.4. The first-order valence-electron chi connectivity index (χ1n) is 13.4. The van der Waals surface area contributed by atoms with Gasteiger partial charge in [-0.1, -0.05) is 0 Å². The average Bonchev–Trinajstić information content (AvgIpc) is 3.05. The van der Waals surface area contributed by atoms with Gasteiger partial charge in [0.2, 0.25) is 0 Å². The SMILES string of the molecule is COc1c(CO)cc(C(F)(F)C(F)(F)C(F)(F)C(F)(F)C(F)(F)C(F)(F)C(F)(F)C(F)(F)F)cc1C(F)(F)C(F)(F)C(F)(F)C(F)(F)C(F)(F)C(F)(F)C(F)(F)C(F)(F)F. The normalized spacial score (nSPS) is 16.4. The molecule has 0 amide bonds. The molecule has 0 aliphatic heterocycles. The Balaban J connectivity index is 4.34. The minimum absolute atomic E-state index is 0.382. The maximum absolute atomic E-state index is 15.1. The van der Waals surface area contributed by atoms with Crippen LogP contribution < -0.4 is 4.74 Å². The number of alkyl halides is 34. The van der Waals surface area contributed by atoms with E-state index in [0.717, 1.165) is 0 Å². The number of hydrogen-bond donors (Lipinski definition) is 1. The van der Waals surface area contributed by atoms with Crippen LogP contribution in [0.25, 0.3) is 0 Å². The van der Waals surface area contributed by atoms with E-state index in [4.69, 9.17) is 5.11 Å². The number of rotatable bonds is 16. The topological polar surface area (TPSA) is 29.5 Å². The molecule has 0 aliphatic carbocycles. The number of ether oxygens (including phenoxy) is 1. The number of halogens is 34. The minimum atomic E-state index is -9.45. The molecule has 36 heteroatoms. The van der Waals surface area contributed by atoms with Gasteiger partial charge >= 0.3 is 95.3 Å². The highest BCUT2D eigenvalue weighted by molar-refractivity contribution is 5.50. The van der Waals surface area contributed by atoms with Crippen LogP contribution in [0.5, 0.6) is 5.75 Å². The maximum atomic E-state index is 15.1. The van der Waals surface area contributed by atoms with Gasteiger partial charge in [0.05, 0.1) is 19.3 Å². The summed E-state index contributed by atoms with van der Waals surface area (Å²) >= 11 is 0. The van der Waals surface area contributed by atoms with Crippen LogP contribution in [0.2, 0.25) is 0 Å². The average molecular weight is 974 g/mol. The third-order valence-electron chi connectivity index (χ3n) is 7.69. The molecule has 0 heterocycles. The van der Waals surface area contributed by atoms with Crippen molar-refractivity contribution in [3.63, 3.8) is 0 Å². The summed E-state index contributed by atoms with van der Waals surface area (Å²) in [5.41, 5.74) is -11.0. The molecule has 0 radical (unpaired) electrons. The van der Waals surface area contributed by atoms with Crippen LogP contribution in [0.15, 0.2) is 12.1 Å². The van der Waals surface area contributed by atoms with Gasteiger partial charge in [-0.05, 0) is 12.1 Å². The zero-order chi connectivity index (χ0) is 49.1. The lowest BCUT2D eigenvalue weighted by Crippen LogP contribution is -2.74. The van der Waals surface area contributed by atoms with E-state index in [1.807, 2.05) is 0 Å².